The molecule has 0 aromatic heterocycles. The Morgan fingerprint density at radius 2 is 2.05 bits per heavy atom. The highest BCUT2D eigenvalue weighted by Gasteiger charge is 2.41. The van der Waals surface area contributed by atoms with Crippen LogP contribution in [0, 0.1) is 5.41 Å². The van der Waals surface area contributed by atoms with Gasteiger partial charge in [-0.05, 0) is 52.5 Å². The summed E-state index contributed by atoms with van der Waals surface area (Å²) in [5.41, 5.74) is -0.151. The second-order valence-electron chi connectivity index (χ2n) is 7.19. The molecule has 122 valence electrons. The van der Waals surface area contributed by atoms with Gasteiger partial charge in [-0.2, -0.15) is 0 Å². The van der Waals surface area contributed by atoms with Crippen LogP contribution in [0.25, 0.3) is 0 Å². The van der Waals surface area contributed by atoms with Gasteiger partial charge in [0.15, 0.2) is 0 Å². The molecule has 1 amide bonds. The summed E-state index contributed by atoms with van der Waals surface area (Å²) in [4.78, 5) is 17.6. The summed E-state index contributed by atoms with van der Waals surface area (Å²) in [5, 5.41) is 3.43. The molecule has 0 saturated carbocycles. The summed E-state index contributed by atoms with van der Waals surface area (Å²) >= 11 is 0. The van der Waals surface area contributed by atoms with Gasteiger partial charge in [0, 0.05) is 38.8 Å². The van der Waals surface area contributed by atoms with Crippen molar-refractivity contribution in [2.45, 2.75) is 65.0 Å². The maximum atomic E-state index is 13.0. The van der Waals surface area contributed by atoms with E-state index in [4.69, 9.17) is 0 Å². The van der Waals surface area contributed by atoms with Crippen LogP contribution in [0.15, 0.2) is 0 Å². The fraction of sp³-hybridized carbons (Fsp3) is 0.941. The van der Waals surface area contributed by atoms with E-state index < -0.39 is 0 Å². The van der Waals surface area contributed by atoms with Gasteiger partial charge in [0.1, 0.15) is 0 Å². The Kier molecular flexibility index (Phi) is 5.67. The first-order chi connectivity index (χ1) is 10.00. The van der Waals surface area contributed by atoms with Gasteiger partial charge in [0.05, 0.1) is 5.41 Å². The van der Waals surface area contributed by atoms with Crippen molar-refractivity contribution in [2.75, 3.05) is 33.2 Å². The zero-order valence-electron chi connectivity index (χ0n) is 14.3. The summed E-state index contributed by atoms with van der Waals surface area (Å²) in [7, 11) is 2.03. The first kappa shape index (κ1) is 16.8. The van der Waals surface area contributed by atoms with Crippen LogP contribution in [-0.4, -0.2) is 61.0 Å². The fourth-order valence-corrected chi connectivity index (χ4v) is 3.93. The minimum Gasteiger partial charge on any atom is -0.342 e. The van der Waals surface area contributed by atoms with Gasteiger partial charge in [-0.3, -0.25) is 4.79 Å². The number of nitrogens with zero attached hydrogens (tertiary/aromatic N) is 2. The molecule has 2 heterocycles. The first-order valence-corrected chi connectivity index (χ1v) is 8.72. The third-order valence-corrected chi connectivity index (χ3v) is 5.70. The zero-order valence-corrected chi connectivity index (χ0v) is 14.3. The second-order valence-corrected chi connectivity index (χ2v) is 7.19. The molecule has 2 fully saturated rings. The minimum absolute atomic E-state index is 0.151. The highest BCUT2D eigenvalue weighted by atomic mass is 16.2. The molecule has 0 aliphatic carbocycles. The summed E-state index contributed by atoms with van der Waals surface area (Å²) < 4.78 is 0. The molecule has 0 radical (unpaired) electrons. The van der Waals surface area contributed by atoms with Gasteiger partial charge in [-0.25, -0.2) is 0 Å². The van der Waals surface area contributed by atoms with E-state index in [1.54, 1.807) is 0 Å². The summed E-state index contributed by atoms with van der Waals surface area (Å²) in [6, 6.07) is 1.05. The summed E-state index contributed by atoms with van der Waals surface area (Å²) in [6.45, 7) is 10.8. The maximum Gasteiger partial charge on any atom is 0.230 e. The average Bonchev–Trinajstić information content (AvgIpc) is 2.54. The molecule has 0 bridgehead atoms. The van der Waals surface area contributed by atoms with E-state index in [2.05, 4.69) is 35.9 Å². The van der Waals surface area contributed by atoms with Crippen LogP contribution in [-0.2, 0) is 4.79 Å². The van der Waals surface area contributed by atoms with Crippen LogP contribution < -0.4 is 5.32 Å². The maximum absolute atomic E-state index is 13.0. The molecular formula is C17H33N3O. The van der Waals surface area contributed by atoms with E-state index in [9.17, 15) is 4.79 Å². The predicted molar refractivity (Wildman–Crippen MR) is 87.3 cm³/mol. The number of nitrogens with one attached hydrogen (secondary N) is 1. The lowest BCUT2D eigenvalue weighted by atomic mass is 9.76. The van der Waals surface area contributed by atoms with E-state index >= 15 is 0 Å². The molecule has 2 aliphatic heterocycles. The zero-order chi connectivity index (χ0) is 15.5. The van der Waals surface area contributed by atoms with Crippen LogP contribution >= 0.6 is 0 Å². The molecule has 0 aromatic rings. The first-order valence-electron chi connectivity index (χ1n) is 8.72. The lowest BCUT2D eigenvalue weighted by molar-refractivity contribution is -0.145. The van der Waals surface area contributed by atoms with E-state index in [-0.39, 0.29) is 5.41 Å². The van der Waals surface area contributed by atoms with Gasteiger partial charge < -0.3 is 15.1 Å². The van der Waals surface area contributed by atoms with Crippen molar-refractivity contribution in [3.8, 4) is 0 Å². The average molecular weight is 295 g/mol. The summed E-state index contributed by atoms with van der Waals surface area (Å²) in [6.07, 6.45) is 5.36. The number of hydrogen-bond acceptors (Lipinski definition) is 3. The molecule has 1 unspecified atom stereocenters. The van der Waals surface area contributed by atoms with Gasteiger partial charge in [-0.15, -0.1) is 0 Å². The topological polar surface area (TPSA) is 35.6 Å². The fourth-order valence-electron chi connectivity index (χ4n) is 3.93. The Morgan fingerprint density at radius 1 is 1.38 bits per heavy atom. The highest BCUT2D eigenvalue weighted by Crippen LogP contribution is 2.33. The molecule has 2 aliphatic rings. The van der Waals surface area contributed by atoms with E-state index in [1.807, 2.05) is 7.05 Å². The summed E-state index contributed by atoms with van der Waals surface area (Å²) in [5.74, 6) is 0.375. The van der Waals surface area contributed by atoms with Crippen molar-refractivity contribution in [3.63, 3.8) is 0 Å². The minimum atomic E-state index is -0.151. The molecule has 1 atom stereocenters. The lowest BCUT2D eigenvalue weighted by Crippen LogP contribution is -2.55. The monoisotopic (exact) mass is 295 g/mol. The van der Waals surface area contributed by atoms with Gasteiger partial charge in [0.2, 0.25) is 5.91 Å². The van der Waals surface area contributed by atoms with Crippen molar-refractivity contribution in [2.24, 2.45) is 5.41 Å². The van der Waals surface area contributed by atoms with Crippen LogP contribution in [0.5, 0.6) is 0 Å². The van der Waals surface area contributed by atoms with Gasteiger partial charge >= 0.3 is 0 Å². The Balaban J connectivity index is 1.96. The SMILES string of the molecule is CCC1(C(=O)N(C)C2CCN(C(C)C)CC2)CCCNC1. The van der Waals surface area contributed by atoms with Crippen molar-refractivity contribution >= 4 is 5.91 Å². The Morgan fingerprint density at radius 3 is 2.52 bits per heavy atom. The molecule has 2 rings (SSSR count). The lowest BCUT2D eigenvalue weighted by Gasteiger charge is -2.43. The number of piperidine rings is 2. The van der Waals surface area contributed by atoms with Crippen LogP contribution in [0.1, 0.15) is 52.9 Å². The number of carbonyl (C=O) groups excluding carboxylic acids is 1. The van der Waals surface area contributed by atoms with Crippen LogP contribution in [0.3, 0.4) is 0 Å². The number of amides is 1. The Hall–Kier alpha value is -0.610. The molecule has 0 aromatic carbocycles. The third-order valence-electron chi connectivity index (χ3n) is 5.70. The Labute approximate surface area is 130 Å². The highest BCUT2D eigenvalue weighted by molar-refractivity contribution is 5.83. The number of rotatable bonds is 4. The van der Waals surface area contributed by atoms with Crippen molar-refractivity contribution < 1.29 is 4.79 Å². The number of hydrogen-bond donors (Lipinski definition) is 1. The van der Waals surface area contributed by atoms with E-state index in [0.717, 1.165) is 58.3 Å². The van der Waals surface area contributed by atoms with Gasteiger partial charge in [-0.1, -0.05) is 6.92 Å². The Bertz CT molecular complexity index is 342. The van der Waals surface area contributed by atoms with Crippen LogP contribution in [0.2, 0.25) is 0 Å². The van der Waals surface area contributed by atoms with E-state index in [0.29, 0.717) is 18.0 Å². The quantitative estimate of drug-likeness (QED) is 0.863. The third kappa shape index (κ3) is 3.59. The van der Waals surface area contributed by atoms with E-state index in [1.165, 1.54) is 0 Å². The van der Waals surface area contributed by atoms with Gasteiger partial charge in [0.25, 0.3) is 0 Å². The number of carbonyl (C=O) groups is 1. The molecule has 0 spiro atoms. The molecule has 4 nitrogen and oxygen atoms in total. The largest absolute Gasteiger partial charge is 0.342 e. The standard InChI is InChI=1S/C17H33N3O/c1-5-17(9-6-10-18-13-17)16(21)19(4)15-7-11-20(12-8-15)14(2)3/h14-15,18H,5-13H2,1-4H3. The van der Waals surface area contributed by atoms with Crippen molar-refractivity contribution in [1.82, 2.24) is 15.1 Å². The second kappa shape index (κ2) is 7.10. The number of likely N-dealkylation sites (tertiary alicyclic amines) is 1. The molecule has 1 N–H and O–H groups in total. The molecule has 4 heteroatoms. The van der Waals surface area contributed by atoms with Crippen LogP contribution in [0.4, 0.5) is 0 Å². The molecule has 2 saturated heterocycles. The predicted octanol–water partition coefficient (Wildman–Crippen LogP) is 2.10. The molecular weight excluding hydrogens is 262 g/mol. The normalized spacial score (nSPS) is 28.8. The van der Waals surface area contributed by atoms with Crippen molar-refractivity contribution in [3.05, 3.63) is 0 Å². The van der Waals surface area contributed by atoms with Crippen molar-refractivity contribution in [1.29, 1.82) is 0 Å². The smallest absolute Gasteiger partial charge is 0.230 e. The molecule has 21 heavy (non-hydrogen) atoms.